The number of carbonyl (C=O) groups excluding carboxylic acids is 1. The van der Waals surface area contributed by atoms with Crippen LogP contribution in [0.5, 0.6) is 0 Å². The van der Waals surface area contributed by atoms with Crippen molar-refractivity contribution in [2.24, 2.45) is 0 Å². The summed E-state index contributed by atoms with van der Waals surface area (Å²) in [6.45, 7) is 6.92. The van der Waals surface area contributed by atoms with Crippen molar-refractivity contribution < 1.29 is 14.7 Å². The van der Waals surface area contributed by atoms with Crippen molar-refractivity contribution in [2.75, 3.05) is 19.6 Å². The summed E-state index contributed by atoms with van der Waals surface area (Å²) in [5.41, 5.74) is 0.0725. The van der Waals surface area contributed by atoms with Crippen LogP contribution in [-0.2, 0) is 9.59 Å². The molecule has 1 amide bonds. The number of hydrogen-bond acceptors (Lipinski definition) is 3. The average Bonchev–Trinajstić information content (AvgIpc) is 2.35. The highest BCUT2D eigenvalue weighted by atomic mass is 16.4. The highest BCUT2D eigenvalue weighted by molar-refractivity contribution is 5.86. The minimum Gasteiger partial charge on any atom is -0.478 e. The van der Waals surface area contributed by atoms with E-state index in [1.807, 2.05) is 4.90 Å². The van der Waals surface area contributed by atoms with E-state index in [-0.39, 0.29) is 24.1 Å². The molecule has 5 heteroatoms. The molecule has 5 nitrogen and oxygen atoms in total. The van der Waals surface area contributed by atoms with Gasteiger partial charge in [-0.15, -0.1) is 0 Å². The summed E-state index contributed by atoms with van der Waals surface area (Å²) >= 11 is 0. The van der Waals surface area contributed by atoms with Crippen LogP contribution in [0.3, 0.4) is 0 Å². The van der Waals surface area contributed by atoms with E-state index in [4.69, 9.17) is 5.11 Å². The van der Waals surface area contributed by atoms with Crippen LogP contribution in [0.1, 0.15) is 26.2 Å². The fourth-order valence-corrected chi connectivity index (χ4v) is 1.83. The first-order chi connectivity index (χ1) is 8.02. The summed E-state index contributed by atoms with van der Waals surface area (Å²) in [6.07, 6.45) is 3.29. The molecule has 0 bridgehead atoms. The Morgan fingerprint density at radius 2 is 1.94 bits per heavy atom. The lowest BCUT2D eigenvalue weighted by Crippen LogP contribution is -2.47. The summed E-state index contributed by atoms with van der Waals surface area (Å²) in [4.78, 5) is 24.4. The van der Waals surface area contributed by atoms with Gasteiger partial charge in [0.15, 0.2) is 0 Å². The number of piperidine rings is 1. The van der Waals surface area contributed by atoms with Crippen molar-refractivity contribution in [1.29, 1.82) is 0 Å². The number of hydrogen-bond donors (Lipinski definition) is 2. The number of nitrogens with one attached hydrogen (secondary N) is 1. The molecule has 0 aliphatic carbocycles. The molecule has 0 radical (unpaired) electrons. The smallest absolute Gasteiger partial charge is 0.332 e. The van der Waals surface area contributed by atoms with Gasteiger partial charge in [0.05, 0.1) is 6.04 Å². The Bertz CT molecular complexity index is 309. The Labute approximate surface area is 101 Å². The molecule has 1 aliphatic rings. The van der Waals surface area contributed by atoms with E-state index in [0.29, 0.717) is 0 Å². The van der Waals surface area contributed by atoms with Gasteiger partial charge in [-0.25, -0.2) is 4.79 Å². The monoisotopic (exact) mass is 240 g/mol. The summed E-state index contributed by atoms with van der Waals surface area (Å²) in [5, 5.41) is 11.5. The summed E-state index contributed by atoms with van der Waals surface area (Å²) in [6, 6.07) is -0.357. The van der Waals surface area contributed by atoms with Crippen molar-refractivity contribution in [3.8, 4) is 0 Å². The van der Waals surface area contributed by atoms with E-state index in [1.54, 1.807) is 6.92 Å². The number of carboxylic acids is 1. The molecule has 0 aromatic carbocycles. The van der Waals surface area contributed by atoms with E-state index in [1.165, 1.54) is 6.42 Å². The Kier molecular flexibility index (Phi) is 5.15. The number of nitrogens with zero attached hydrogens (tertiary/aromatic N) is 1. The molecule has 1 aliphatic heterocycles. The zero-order chi connectivity index (χ0) is 12.8. The molecule has 1 fully saturated rings. The van der Waals surface area contributed by atoms with Gasteiger partial charge in [0.2, 0.25) is 5.91 Å². The minimum atomic E-state index is -1.03. The minimum absolute atomic E-state index is 0.0443. The molecular weight excluding hydrogens is 220 g/mol. The Morgan fingerprint density at radius 3 is 2.47 bits per heavy atom. The molecule has 1 atom stereocenters. The second-order valence-corrected chi connectivity index (χ2v) is 4.40. The standard InChI is InChI=1S/C12H20N2O3/c1-9(12(16)17)8-13-10(2)11(15)14-6-4-3-5-7-14/h10,13H,1,3-8H2,2H3,(H,16,17). The van der Waals surface area contributed by atoms with Gasteiger partial charge in [0, 0.05) is 25.2 Å². The number of aliphatic carboxylic acids is 1. The SMILES string of the molecule is C=C(CNC(C)C(=O)N1CCCCC1)C(=O)O. The first-order valence-electron chi connectivity index (χ1n) is 5.95. The van der Waals surface area contributed by atoms with Crippen LogP contribution < -0.4 is 5.32 Å². The maximum atomic E-state index is 12.0. The Hall–Kier alpha value is -1.36. The van der Waals surface area contributed by atoms with Crippen molar-refractivity contribution in [1.82, 2.24) is 10.2 Å². The van der Waals surface area contributed by atoms with Crippen LogP contribution >= 0.6 is 0 Å². The number of rotatable bonds is 5. The van der Waals surface area contributed by atoms with Gasteiger partial charge in [-0.3, -0.25) is 4.79 Å². The van der Waals surface area contributed by atoms with Gasteiger partial charge in [0.25, 0.3) is 0 Å². The highest BCUT2D eigenvalue weighted by Crippen LogP contribution is 2.09. The zero-order valence-electron chi connectivity index (χ0n) is 10.2. The third-order valence-electron chi connectivity index (χ3n) is 2.96. The second-order valence-electron chi connectivity index (χ2n) is 4.40. The predicted molar refractivity (Wildman–Crippen MR) is 64.7 cm³/mol. The summed E-state index contributed by atoms with van der Waals surface area (Å²) in [5.74, 6) is -0.988. The van der Waals surface area contributed by atoms with Crippen LogP contribution in [0, 0.1) is 0 Å². The molecule has 17 heavy (non-hydrogen) atoms. The third-order valence-corrected chi connectivity index (χ3v) is 2.96. The molecule has 1 rings (SSSR count). The van der Waals surface area contributed by atoms with Crippen LogP contribution in [0.2, 0.25) is 0 Å². The van der Waals surface area contributed by atoms with Gasteiger partial charge in [-0.1, -0.05) is 6.58 Å². The molecule has 0 saturated carbocycles. The third kappa shape index (κ3) is 4.19. The molecule has 0 aromatic heterocycles. The van der Waals surface area contributed by atoms with Gasteiger partial charge in [0.1, 0.15) is 0 Å². The van der Waals surface area contributed by atoms with E-state index >= 15 is 0 Å². The molecule has 2 N–H and O–H groups in total. The number of carboxylic acid groups (broad SMARTS) is 1. The molecule has 0 aromatic rings. The molecule has 1 saturated heterocycles. The number of amides is 1. The molecule has 0 spiro atoms. The zero-order valence-corrected chi connectivity index (χ0v) is 10.2. The van der Waals surface area contributed by atoms with Crippen LogP contribution in [0.4, 0.5) is 0 Å². The van der Waals surface area contributed by atoms with Crippen LogP contribution in [-0.4, -0.2) is 47.6 Å². The van der Waals surface area contributed by atoms with Gasteiger partial charge < -0.3 is 15.3 Å². The number of likely N-dealkylation sites (tertiary alicyclic amines) is 1. The molecule has 96 valence electrons. The molecule has 1 unspecified atom stereocenters. The van der Waals surface area contributed by atoms with Crippen LogP contribution in [0.25, 0.3) is 0 Å². The van der Waals surface area contributed by atoms with Crippen molar-refractivity contribution in [2.45, 2.75) is 32.2 Å². The normalized spacial score (nSPS) is 17.6. The van der Waals surface area contributed by atoms with E-state index in [9.17, 15) is 9.59 Å². The maximum absolute atomic E-state index is 12.0. The van der Waals surface area contributed by atoms with Crippen LogP contribution in [0.15, 0.2) is 12.2 Å². The predicted octanol–water partition coefficient (Wildman–Crippen LogP) is 0.618. The first kappa shape index (κ1) is 13.7. The number of carbonyl (C=O) groups is 2. The van der Waals surface area contributed by atoms with Gasteiger partial charge in [-0.2, -0.15) is 0 Å². The topological polar surface area (TPSA) is 69.6 Å². The van der Waals surface area contributed by atoms with E-state index < -0.39 is 5.97 Å². The Morgan fingerprint density at radius 1 is 1.35 bits per heavy atom. The van der Waals surface area contributed by atoms with E-state index in [0.717, 1.165) is 25.9 Å². The summed E-state index contributed by atoms with van der Waals surface area (Å²) < 4.78 is 0. The molecular formula is C12H20N2O3. The first-order valence-corrected chi connectivity index (χ1v) is 5.95. The van der Waals surface area contributed by atoms with Crippen molar-refractivity contribution in [3.05, 3.63) is 12.2 Å². The Balaban J connectivity index is 2.35. The fraction of sp³-hybridized carbons (Fsp3) is 0.667. The average molecular weight is 240 g/mol. The van der Waals surface area contributed by atoms with E-state index in [2.05, 4.69) is 11.9 Å². The highest BCUT2D eigenvalue weighted by Gasteiger charge is 2.21. The lowest BCUT2D eigenvalue weighted by molar-refractivity contribution is -0.135. The largest absolute Gasteiger partial charge is 0.478 e. The quantitative estimate of drug-likeness (QED) is 0.691. The molecule has 1 heterocycles. The maximum Gasteiger partial charge on any atom is 0.332 e. The second kappa shape index (κ2) is 6.39. The van der Waals surface area contributed by atoms with Crippen molar-refractivity contribution >= 4 is 11.9 Å². The van der Waals surface area contributed by atoms with Crippen molar-refractivity contribution in [3.63, 3.8) is 0 Å². The fourth-order valence-electron chi connectivity index (χ4n) is 1.83. The lowest BCUT2D eigenvalue weighted by Gasteiger charge is -2.29. The van der Waals surface area contributed by atoms with Gasteiger partial charge >= 0.3 is 5.97 Å². The lowest BCUT2D eigenvalue weighted by atomic mass is 10.1. The summed E-state index contributed by atoms with van der Waals surface area (Å²) in [7, 11) is 0. The van der Waals surface area contributed by atoms with Gasteiger partial charge in [-0.05, 0) is 26.2 Å².